The van der Waals surface area contributed by atoms with Gasteiger partial charge in [0.05, 0.1) is 17.2 Å². The molecule has 1 aromatic rings. The smallest absolute Gasteiger partial charge is 0.409 e. The number of carbonyl (C=O) groups is 2. The van der Waals surface area contributed by atoms with E-state index in [0.717, 1.165) is 4.47 Å². The minimum Gasteiger partial charge on any atom is -0.450 e. The van der Waals surface area contributed by atoms with E-state index in [9.17, 15) is 9.59 Å². The first-order valence-corrected chi connectivity index (χ1v) is 8.36. The van der Waals surface area contributed by atoms with Gasteiger partial charge in [0, 0.05) is 23.6 Å². The van der Waals surface area contributed by atoms with Gasteiger partial charge in [0.15, 0.2) is 0 Å². The number of benzene rings is 1. The maximum atomic E-state index is 12.2. The number of ether oxygens (including phenoxy) is 1. The van der Waals surface area contributed by atoms with Crippen molar-refractivity contribution in [3.05, 3.63) is 33.3 Å². The van der Waals surface area contributed by atoms with Crippen molar-refractivity contribution in [3.8, 4) is 0 Å². The average molecular weight is 390 g/mol. The van der Waals surface area contributed by atoms with Crippen LogP contribution in [0.2, 0.25) is 5.02 Å². The van der Waals surface area contributed by atoms with E-state index in [1.807, 2.05) is 0 Å². The quantitative estimate of drug-likeness (QED) is 0.861. The summed E-state index contributed by atoms with van der Waals surface area (Å²) in [5, 5.41) is 3.38. The molecule has 0 atom stereocenters. The van der Waals surface area contributed by atoms with Gasteiger partial charge in [0.2, 0.25) is 0 Å². The van der Waals surface area contributed by atoms with Crippen LogP contribution in [0.15, 0.2) is 22.7 Å². The van der Waals surface area contributed by atoms with E-state index in [2.05, 4.69) is 21.2 Å². The van der Waals surface area contributed by atoms with E-state index >= 15 is 0 Å². The number of likely N-dealkylation sites (tertiary alicyclic amines) is 1. The molecule has 0 spiro atoms. The van der Waals surface area contributed by atoms with Gasteiger partial charge in [0.25, 0.3) is 5.91 Å². The largest absolute Gasteiger partial charge is 0.450 e. The van der Waals surface area contributed by atoms with E-state index in [1.165, 1.54) is 0 Å². The first-order valence-electron chi connectivity index (χ1n) is 7.19. The topological polar surface area (TPSA) is 58.6 Å². The molecule has 1 aliphatic rings. The number of hydrogen-bond acceptors (Lipinski definition) is 3. The van der Waals surface area contributed by atoms with Gasteiger partial charge in [-0.1, -0.05) is 27.5 Å². The number of rotatable bonds is 3. The molecule has 1 fully saturated rings. The Morgan fingerprint density at radius 3 is 2.68 bits per heavy atom. The van der Waals surface area contributed by atoms with Crippen LogP contribution in [0.5, 0.6) is 0 Å². The molecule has 0 aromatic heterocycles. The second-order valence-electron chi connectivity index (χ2n) is 5.06. The van der Waals surface area contributed by atoms with Crippen LogP contribution in [0.25, 0.3) is 0 Å². The lowest BCUT2D eigenvalue weighted by molar-refractivity contribution is 0.0860. The Kier molecular flexibility index (Phi) is 6.08. The molecule has 2 rings (SSSR count). The van der Waals surface area contributed by atoms with Crippen LogP contribution < -0.4 is 5.32 Å². The van der Waals surface area contributed by atoms with Gasteiger partial charge in [-0.05, 0) is 38.0 Å². The van der Waals surface area contributed by atoms with Crippen molar-refractivity contribution in [1.82, 2.24) is 10.2 Å². The van der Waals surface area contributed by atoms with Crippen LogP contribution in [0.3, 0.4) is 0 Å². The highest BCUT2D eigenvalue weighted by atomic mass is 79.9. The molecule has 22 heavy (non-hydrogen) atoms. The lowest BCUT2D eigenvalue weighted by Crippen LogP contribution is -2.46. The molecule has 120 valence electrons. The Labute approximate surface area is 143 Å². The molecule has 7 heteroatoms. The molecular weight excluding hydrogens is 372 g/mol. The Bertz CT molecular complexity index is 560. The van der Waals surface area contributed by atoms with Crippen LogP contribution in [-0.2, 0) is 4.74 Å². The highest BCUT2D eigenvalue weighted by Crippen LogP contribution is 2.22. The third kappa shape index (κ3) is 4.36. The molecule has 1 saturated heterocycles. The van der Waals surface area contributed by atoms with E-state index in [1.54, 1.807) is 30.0 Å². The fourth-order valence-electron chi connectivity index (χ4n) is 2.36. The Morgan fingerprint density at radius 1 is 1.41 bits per heavy atom. The Balaban J connectivity index is 1.88. The van der Waals surface area contributed by atoms with Gasteiger partial charge in [-0.3, -0.25) is 4.79 Å². The summed E-state index contributed by atoms with van der Waals surface area (Å²) in [4.78, 5) is 25.5. The van der Waals surface area contributed by atoms with Gasteiger partial charge in [-0.2, -0.15) is 0 Å². The molecule has 1 N–H and O–H groups in total. The molecule has 0 unspecified atom stereocenters. The highest BCUT2D eigenvalue weighted by molar-refractivity contribution is 9.10. The number of nitrogens with one attached hydrogen (secondary N) is 1. The zero-order chi connectivity index (χ0) is 16.1. The summed E-state index contributed by atoms with van der Waals surface area (Å²) in [7, 11) is 0. The van der Waals surface area contributed by atoms with E-state index in [0.29, 0.717) is 43.1 Å². The molecule has 0 radical (unpaired) electrons. The third-order valence-electron chi connectivity index (χ3n) is 3.53. The van der Waals surface area contributed by atoms with Crippen molar-refractivity contribution in [2.75, 3.05) is 19.7 Å². The maximum Gasteiger partial charge on any atom is 0.409 e. The molecule has 5 nitrogen and oxygen atoms in total. The van der Waals surface area contributed by atoms with Crippen molar-refractivity contribution in [2.24, 2.45) is 0 Å². The summed E-state index contributed by atoms with van der Waals surface area (Å²) < 4.78 is 5.80. The number of carbonyl (C=O) groups excluding carboxylic acids is 2. The second kappa shape index (κ2) is 7.83. The van der Waals surface area contributed by atoms with Crippen molar-refractivity contribution >= 4 is 39.5 Å². The molecular formula is C15H18BrClN2O3. The summed E-state index contributed by atoms with van der Waals surface area (Å²) >= 11 is 9.39. The molecule has 2 amide bonds. The van der Waals surface area contributed by atoms with E-state index < -0.39 is 0 Å². The number of nitrogens with zero attached hydrogens (tertiary/aromatic N) is 1. The summed E-state index contributed by atoms with van der Waals surface area (Å²) in [5.41, 5.74) is 0.456. The normalized spacial score (nSPS) is 15.5. The fourth-order valence-corrected chi connectivity index (χ4v) is 3.12. The van der Waals surface area contributed by atoms with Gasteiger partial charge in [0.1, 0.15) is 0 Å². The van der Waals surface area contributed by atoms with Gasteiger partial charge >= 0.3 is 6.09 Å². The Hall–Kier alpha value is -1.27. The first kappa shape index (κ1) is 17.1. The van der Waals surface area contributed by atoms with Crippen LogP contribution in [0, 0.1) is 0 Å². The fraction of sp³-hybridized carbons (Fsp3) is 0.467. The molecule has 1 heterocycles. The van der Waals surface area contributed by atoms with Crippen LogP contribution in [-0.4, -0.2) is 42.6 Å². The van der Waals surface area contributed by atoms with Gasteiger partial charge in [-0.25, -0.2) is 4.79 Å². The first-order chi connectivity index (χ1) is 10.5. The lowest BCUT2D eigenvalue weighted by atomic mass is 10.0. The minimum atomic E-state index is -0.289. The third-order valence-corrected chi connectivity index (χ3v) is 4.34. The zero-order valence-corrected chi connectivity index (χ0v) is 14.6. The molecule has 1 aliphatic heterocycles. The predicted octanol–water partition coefficient (Wildman–Crippen LogP) is 3.45. The highest BCUT2D eigenvalue weighted by Gasteiger charge is 2.25. The van der Waals surface area contributed by atoms with Crippen molar-refractivity contribution in [1.29, 1.82) is 0 Å². The maximum absolute atomic E-state index is 12.2. The summed E-state index contributed by atoms with van der Waals surface area (Å²) in [5.74, 6) is -0.188. The number of halogens is 2. The van der Waals surface area contributed by atoms with Crippen molar-refractivity contribution < 1.29 is 14.3 Å². The van der Waals surface area contributed by atoms with Crippen molar-refractivity contribution in [3.63, 3.8) is 0 Å². The van der Waals surface area contributed by atoms with E-state index in [-0.39, 0.29) is 18.0 Å². The van der Waals surface area contributed by atoms with Crippen LogP contribution >= 0.6 is 27.5 Å². The summed E-state index contributed by atoms with van der Waals surface area (Å²) in [6.45, 7) is 3.32. The average Bonchev–Trinajstić information content (AvgIpc) is 2.48. The standard InChI is InChI=1S/C15H18BrClN2O3/c1-2-22-15(21)19-7-5-11(6-8-19)18-14(20)12-4-3-10(16)9-13(12)17/h3-4,9,11H,2,5-8H2,1H3,(H,18,20). The zero-order valence-electron chi connectivity index (χ0n) is 12.3. The van der Waals surface area contributed by atoms with E-state index in [4.69, 9.17) is 16.3 Å². The predicted molar refractivity (Wildman–Crippen MR) is 88.2 cm³/mol. The van der Waals surface area contributed by atoms with Gasteiger partial charge in [-0.15, -0.1) is 0 Å². The number of amides is 2. The second-order valence-corrected chi connectivity index (χ2v) is 6.38. The SMILES string of the molecule is CCOC(=O)N1CCC(NC(=O)c2ccc(Br)cc2Cl)CC1. The van der Waals surface area contributed by atoms with Crippen LogP contribution in [0.4, 0.5) is 4.79 Å². The number of piperidine rings is 1. The van der Waals surface area contributed by atoms with Crippen molar-refractivity contribution in [2.45, 2.75) is 25.8 Å². The lowest BCUT2D eigenvalue weighted by Gasteiger charge is -2.31. The summed E-state index contributed by atoms with van der Waals surface area (Å²) in [6.07, 6.45) is 1.13. The number of hydrogen-bond donors (Lipinski definition) is 1. The summed E-state index contributed by atoms with van der Waals surface area (Å²) in [6, 6.07) is 5.21. The Morgan fingerprint density at radius 2 is 2.09 bits per heavy atom. The van der Waals surface area contributed by atoms with Gasteiger partial charge < -0.3 is 15.0 Å². The monoisotopic (exact) mass is 388 g/mol. The molecule has 1 aromatic carbocycles. The van der Waals surface area contributed by atoms with Crippen LogP contribution in [0.1, 0.15) is 30.1 Å². The molecule has 0 bridgehead atoms. The molecule has 0 saturated carbocycles. The molecule has 0 aliphatic carbocycles. The minimum absolute atomic E-state index is 0.0397.